The first-order valence-electron chi connectivity index (χ1n) is 9.39. The van der Waals surface area contributed by atoms with Crippen molar-refractivity contribution in [3.8, 4) is 17.4 Å². The number of aromatic amines is 1. The second-order valence-electron chi connectivity index (χ2n) is 6.53. The second kappa shape index (κ2) is 8.80. The number of aromatic hydroxyl groups is 1. The molecule has 0 atom stereocenters. The molecule has 3 rings (SSSR count). The van der Waals surface area contributed by atoms with Gasteiger partial charge in [-0.1, -0.05) is 19.1 Å². The molecule has 6 heteroatoms. The monoisotopic (exact) mass is 381 g/mol. The van der Waals surface area contributed by atoms with E-state index < -0.39 is 0 Å². The molecule has 3 aromatic rings. The molecule has 0 fully saturated rings. The molecule has 0 amide bonds. The lowest BCUT2D eigenvalue weighted by molar-refractivity contribution is 0.356. The summed E-state index contributed by atoms with van der Waals surface area (Å²) in [6.45, 7) is 2.97. The molecular weight excluding hydrogens is 354 g/mol. The minimum absolute atomic E-state index is 0.0940. The fourth-order valence-corrected chi connectivity index (χ4v) is 3.27. The molecule has 0 unspecified atom stereocenters. The van der Waals surface area contributed by atoms with Gasteiger partial charge in [-0.2, -0.15) is 0 Å². The molecule has 0 aliphatic heterocycles. The zero-order valence-corrected chi connectivity index (χ0v) is 16.8. The Morgan fingerprint density at radius 3 is 2.39 bits per heavy atom. The summed E-state index contributed by atoms with van der Waals surface area (Å²) < 4.78 is 10.8. The molecule has 28 heavy (non-hydrogen) atoms. The van der Waals surface area contributed by atoms with Gasteiger partial charge in [0.1, 0.15) is 0 Å². The van der Waals surface area contributed by atoms with Crippen LogP contribution in [0.15, 0.2) is 41.4 Å². The molecule has 0 aliphatic carbocycles. The van der Waals surface area contributed by atoms with Crippen molar-refractivity contribution < 1.29 is 14.6 Å². The van der Waals surface area contributed by atoms with Gasteiger partial charge in [-0.25, -0.2) is 0 Å². The Kier molecular flexibility index (Phi) is 6.21. The third-order valence-electron chi connectivity index (χ3n) is 4.77. The highest BCUT2D eigenvalue weighted by atomic mass is 16.5. The number of hydrogen-bond acceptors (Lipinski definition) is 5. The van der Waals surface area contributed by atoms with Crippen LogP contribution in [-0.2, 0) is 6.42 Å². The van der Waals surface area contributed by atoms with Gasteiger partial charge in [0, 0.05) is 11.5 Å². The van der Waals surface area contributed by atoms with E-state index in [1.165, 1.54) is 5.56 Å². The van der Waals surface area contributed by atoms with Gasteiger partial charge in [-0.15, -0.1) is 0 Å². The Hall–Kier alpha value is -2.99. The lowest BCUT2D eigenvalue weighted by atomic mass is 10.1. The fourth-order valence-electron chi connectivity index (χ4n) is 3.27. The van der Waals surface area contributed by atoms with E-state index in [-0.39, 0.29) is 5.88 Å². The lowest BCUT2D eigenvalue weighted by Gasteiger charge is -2.09. The average molecular weight is 381 g/mol. The Morgan fingerprint density at radius 1 is 1.11 bits per heavy atom. The standard InChI is InChI=1S/C22H27N3O3/c1-5-17(24-15-8-6-14(7-9-15)10-11-23-2)21-16-12-19(27-3)20(28-4)13-18(16)25-22(21)26/h6-9,12-13,23,25-26H,5,10-11H2,1-4H3. The molecule has 0 radical (unpaired) electrons. The number of H-pyrrole nitrogens is 1. The summed E-state index contributed by atoms with van der Waals surface area (Å²) >= 11 is 0. The number of methoxy groups -OCH3 is 2. The van der Waals surface area contributed by atoms with Gasteiger partial charge >= 0.3 is 0 Å². The number of fused-ring (bicyclic) bond motifs is 1. The molecule has 0 saturated carbocycles. The summed E-state index contributed by atoms with van der Waals surface area (Å²) in [5, 5.41) is 14.6. The first kappa shape index (κ1) is 19.8. The van der Waals surface area contributed by atoms with Crippen LogP contribution in [0.3, 0.4) is 0 Å². The number of benzene rings is 2. The van der Waals surface area contributed by atoms with Crippen molar-refractivity contribution in [1.29, 1.82) is 0 Å². The number of likely N-dealkylation sites (N-methyl/N-ethyl adjacent to an activating group) is 1. The molecule has 1 aromatic heterocycles. The van der Waals surface area contributed by atoms with Crippen LogP contribution in [0.4, 0.5) is 5.69 Å². The summed E-state index contributed by atoms with van der Waals surface area (Å²) in [5.41, 5.74) is 4.39. The van der Waals surface area contributed by atoms with Gasteiger partial charge in [0.05, 0.1) is 36.7 Å². The van der Waals surface area contributed by atoms with Crippen LogP contribution in [0.5, 0.6) is 17.4 Å². The first-order chi connectivity index (χ1) is 13.6. The van der Waals surface area contributed by atoms with E-state index in [1.54, 1.807) is 14.2 Å². The number of nitrogens with zero attached hydrogens (tertiary/aromatic N) is 1. The zero-order valence-electron chi connectivity index (χ0n) is 16.8. The van der Waals surface area contributed by atoms with E-state index >= 15 is 0 Å². The minimum Gasteiger partial charge on any atom is -0.494 e. The molecule has 3 N–H and O–H groups in total. The normalized spacial score (nSPS) is 11.8. The molecule has 0 spiro atoms. The Balaban J connectivity index is 2.03. The van der Waals surface area contributed by atoms with Crippen molar-refractivity contribution in [2.24, 2.45) is 4.99 Å². The van der Waals surface area contributed by atoms with Crippen LogP contribution in [0.2, 0.25) is 0 Å². The molecule has 148 valence electrons. The summed E-state index contributed by atoms with van der Waals surface area (Å²) in [6.07, 6.45) is 1.66. The fraction of sp³-hybridized carbons (Fsp3) is 0.318. The average Bonchev–Trinajstić information content (AvgIpc) is 3.04. The van der Waals surface area contributed by atoms with Crippen molar-refractivity contribution in [2.45, 2.75) is 19.8 Å². The third-order valence-corrected chi connectivity index (χ3v) is 4.77. The Labute approximate surface area is 165 Å². The van der Waals surface area contributed by atoms with Gasteiger partial charge in [0.2, 0.25) is 0 Å². The molecule has 1 heterocycles. The topological polar surface area (TPSA) is 78.9 Å². The Morgan fingerprint density at radius 2 is 1.79 bits per heavy atom. The van der Waals surface area contributed by atoms with Crippen LogP contribution >= 0.6 is 0 Å². The summed E-state index contributed by atoms with van der Waals surface area (Å²) in [7, 11) is 5.14. The van der Waals surface area contributed by atoms with Crippen LogP contribution in [0, 0.1) is 0 Å². The maximum absolute atomic E-state index is 10.6. The molecule has 0 aliphatic rings. The van der Waals surface area contributed by atoms with Crippen LogP contribution in [-0.4, -0.2) is 43.6 Å². The minimum atomic E-state index is 0.0940. The van der Waals surface area contributed by atoms with Gasteiger partial charge in [-0.3, -0.25) is 4.99 Å². The van der Waals surface area contributed by atoms with Crippen molar-refractivity contribution >= 4 is 22.3 Å². The number of nitrogens with one attached hydrogen (secondary N) is 2. The smallest absolute Gasteiger partial charge is 0.198 e. The van der Waals surface area contributed by atoms with Gasteiger partial charge in [0.15, 0.2) is 17.4 Å². The zero-order chi connectivity index (χ0) is 20.1. The van der Waals surface area contributed by atoms with Crippen molar-refractivity contribution in [3.05, 3.63) is 47.5 Å². The van der Waals surface area contributed by atoms with E-state index in [0.29, 0.717) is 23.5 Å². The van der Waals surface area contributed by atoms with Crippen LogP contribution < -0.4 is 14.8 Å². The summed E-state index contributed by atoms with van der Waals surface area (Å²) in [6, 6.07) is 11.9. The van der Waals surface area contributed by atoms with Crippen molar-refractivity contribution in [3.63, 3.8) is 0 Å². The quantitative estimate of drug-likeness (QED) is 0.512. The van der Waals surface area contributed by atoms with Gasteiger partial charge in [0.25, 0.3) is 0 Å². The highest BCUT2D eigenvalue weighted by Crippen LogP contribution is 2.37. The second-order valence-corrected chi connectivity index (χ2v) is 6.53. The summed E-state index contributed by atoms with van der Waals surface area (Å²) in [5.74, 6) is 1.31. The van der Waals surface area contributed by atoms with Crippen LogP contribution in [0.25, 0.3) is 10.9 Å². The number of hydrogen-bond donors (Lipinski definition) is 3. The maximum Gasteiger partial charge on any atom is 0.198 e. The van der Waals surface area contributed by atoms with Crippen molar-refractivity contribution in [2.75, 3.05) is 27.8 Å². The number of aromatic nitrogens is 1. The lowest BCUT2D eigenvalue weighted by Crippen LogP contribution is -2.09. The molecule has 0 bridgehead atoms. The number of rotatable bonds is 8. The molecule has 0 saturated heterocycles. The Bertz CT molecular complexity index is 975. The van der Waals surface area contributed by atoms with E-state index in [0.717, 1.165) is 35.3 Å². The molecule has 6 nitrogen and oxygen atoms in total. The van der Waals surface area contributed by atoms with E-state index in [9.17, 15) is 5.11 Å². The van der Waals surface area contributed by atoms with E-state index in [2.05, 4.69) is 22.4 Å². The molecular formula is C22H27N3O3. The maximum atomic E-state index is 10.6. The molecule has 2 aromatic carbocycles. The first-order valence-corrected chi connectivity index (χ1v) is 9.39. The van der Waals surface area contributed by atoms with Gasteiger partial charge in [-0.05, 0) is 50.2 Å². The largest absolute Gasteiger partial charge is 0.494 e. The van der Waals surface area contributed by atoms with Gasteiger partial charge < -0.3 is 24.9 Å². The highest BCUT2D eigenvalue weighted by Gasteiger charge is 2.18. The highest BCUT2D eigenvalue weighted by molar-refractivity contribution is 6.14. The van der Waals surface area contributed by atoms with E-state index in [4.69, 9.17) is 14.5 Å². The van der Waals surface area contributed by atoms with Crippen LogP contribution in [0.1, 0.15) is 24.5 Å². The number of aliphatic imine (C=N–C) groups is 1. The summed E-state index contributed by atoms with van der Waals surface area (Å²) in [4.78, 5) is 7.82. The SMILES string of the molecule is CCC(=Nc1ccc(CCNC)cc1)c1c(O)[nH]c2cc(OC)c(OC)cc12. The third kappa shape index (κ3) is 3.97. The predicted octanol–water partition coefficient (Wildman–Crippen LogP) is 4.18. The predicted molar refractivity (Wildman–Crippen MR) is 114 cm³/mol. The van der Waals surface area contributed by atoms with Crippen molar-refractivity contribution in [1.82, 2.24) is 10.3 Å². The van der Waals surface area contributed by atoms with E-state index in [1.807, 2.05) is 38.2 Å². The number of ether oxygens (including phenoxy) is 2.